The second kappa shape index (κ2) is 7.02. The van der Waals surface area contributed by atoms with E-state index in [2.05, 4.69) is 10.4 Å². The largest absolute Gasteiger partial charge is 0.399 e. The Labute approximate surface area is 162 Å². The minimum atomic E-state index is -2.47. The van der Waals surface area contributed by atoms with Crippen molar-refractivity contribution in [1.29, 1.82) is 0 Å². The molecule has 0 amide bonds. The number of nitrogens with two attached hydrogens (primary N) is 2. The second-order valence-electron chi connectivity index (χ2n) is 6.22. The van der Waals surface area contributed by atoms with E-state index in [0.29, 0.717) is 11.5 Å². The van der Waals surface area contributed by atoms with Crippen LogP contribution < -0.4 is 11.5 Å². The normalized spacial score (nSPS) is 11.3. The van der Waals surface area contributed by atoms with Crippen molar-refractivity contribution in [1.82, 2.24) is 4.98 Å². The standard InChI is InChI=1S/C20H17N3O2S2/c21-15-6-4-13(5-7-15)17-10-26-19-16(9-23-20(22)18(17)19)14-3-1-2-12(8-14)11-27(24)25/h1-10,27H,11,21H2,(H2,22,23). The van der Waals surface area contributed by atoms with E-state index < -0.39 is 10.7 Å². The van der Waals surface area contributed by atoms with Gasteiger partial charge in [-0.3, -0.25) is 0 Å². The highest BCUT2D eigenvalue weighted by Gasteiger charge is 2.15. The lowest BCUT2D eigenvalue weighted by Crippen LogP contribution is -1.93. The summed E-state index contributed by atoms with van der Waals surface area (Å²) in [5.41, 5.74) is 17.4. The van der Waals surface area contributed by atoms with Crippen molar-refractivity contribution in [3.63, 3.8) is 0 Å². The maximum Gasteiger partial charge on any atom is 0.144 e. The van der Waals surface area contributed by atoms with Crippen LogP contribution in [0.3, 0.4) is 0 Å². The summed E-state index contributed by atoms with van der Waals surface area (Å²) in [6, 6.07) is 15.2. The van der Waals surface area contributed by atoms with Gasteiger partial charge in [0.15, 0.2) is 0 Å². The van der Waals surface area contributed by atoms with E-state index in [-0.39, 0.29) is 5.75 Å². The monoisotopic (exact) mass is 395 g/mol. The van der Waals surface area contributed by atoms with Gasteiger partial charge in [0.1, 0.15) is 16.5 Å². The molecule has 5 nitrogen and oxygen atoms in total. The first-order valence-corrected chi connectivity index (χ1v) is 10.5. The molecule has 136 valence electrons. The molecule has 4 aromatic rings. The number of pyridine rings is 1. The van der Waals surface area contributed by atoms with Crippen LogP contribution in [0.5, 0.6) is 0 Å². The summed E-state index contributed by atoms with van der Waals surface area (Å²) >= 11 is 1.60. The van der Waals surface area contributed by atoms with Gasteiger partial charge in [-0.25, -0.2) is 13.4 Å². The lowest BCUT2D eigenvalue weighted by atomic mass is 10.0. The molecule has 2 aromatic carbocycles. The molecule has 0 radical (unpaired) electrons. The Kier molecular flexibility index (Phi) is 4.55. The zero-order valence-corrected chi connectivity index (χ0v) is 16.0. The molecule has 7 heteroatoms. The minimum Gasteiger partial charge on any atom is -0.399 e. The van der Waals surface area contributed by atoms with Crippen molar-refractivity contribution in [3.8, 4) is 22.3 Å². The van der Waals surface area contributed by atoms with E-state index in [9.17, 15) is 8.42 Å². The van der Waals surface area contributed by atoms with Crippen molar-refractivity contribution < 1.29 is 8.42 Å². The second-order valence-corrected chi connectivity index (χ2v) is 8.09. The number of nitrogens with zero attached hydrogens (tertiary/aromatic N) is 1. The highest BCUT2D eigenvalue weighted by Crippen LogP contribution is 2.41. The van der Waals surface area contributed by atoms with Crippen LogP contribution >= 0.6 is 11.3 Å². The quantitative estimate of drug-likeness (QED) is 0.359. The number of fused-ring (bicyclic) bond motifs is 1. The van der Waals surface area contributed by atoms with Crippen LogP contribution in [0.15, 0.2) is 60.1 Å². The third kappa shape index (κ3) is 3.39. The van der Waals surface area contributed by atoms with E-state index in [4.69, 9.17) is 11.5 Å². The van der Waals surface area contributed by atoms with E-state index in [0.717, 1.165) is 37.9 Å². The lowest BCUT2D eigenvalue weighted by Gasteiger charge is -2.08. The van der Waals surface area contributed by atoms with Gasteiger partial charge in [0, 0.05) is 33.1 Å². The summed E-state index contributed by atoms with van der Waals surface area (Å²) in [5, 5.41) is 2.97. The highest BCUT2D eigenvalue weighted by atomic mass is 32.2. The molecule has 27 heavy (non-hydrogen) atoms. The van der Waals surface area contributed by atoms with Gasteiger partial charge < -0.3 is 11.5 Å². The molecule has 0 spiro atoms. The fourth-order valence-corrected chi connectivity index (χ4v) is 4.75. The molecule has 0 saturated heterocycles. The Morgan fingerprint density at radius 3 is 2.48 bits per heavy atom. The Morgan fingerprint density at radius 2 is 1.74 bits per heavy atom. The number of thiophene rings is 1. The Hall–Kier alpha value is -2.90. The average molecular weight is 396 g/mol. The first-order chi connectivity index (χ1) is 13.0. The number of nitrogen functional groups attached to an aromatic ring is 2. The summed E-state index contributed by atoms with van der Waals surface area (Å²) in [6.07, 6.45) is 1.75. The summed E-state index contributed by atoms with van der Waals surface area (Å²) in [7, 11) is -2.47. The van der Waals surface area contributed by atoms with E-state index in [1.165, 1.54) is 0 Å². The molecular weight excluding hydrogens is 378 g/mol. The van der Waals surface area contributed by atoms with Gasteiger partial charge in [0.2, 0.25) is 0 Å². The van der Waals surface area contributed by atoms with Gasteiger partial charge in [0.25, 0.3) is 0 Å². The summed E-state index contributed by atoms with van der Waals surface area (Å²) in [5.74, 6) is 0.496. The third-order valence-corrected chi connectivity index (χ3v) is 6.03. The SMILES string of the molecule is Nc1ccc(-c2csc3c(-c4cccc(C[SH](=O)=O)c4)cnc(N)c23)cc1. The summed E-state index contributed by atoms with van der Waals surface area (Å²) in [4.78, 5) is 4.39. The Morgan fingerprint density at radius 1 is 0.963 bits per heavy atom. The van der Waals surface area contributed by atoms with Crippen molar-refractivity contribution in [2.45, 2.75) is 5.75 Å². The van der Waals surface area contributed by atoms with Gasteiger partial charge in [-0.1, -0.05) is 36.4 Å². The number of anilines is 2. The molecule has 0 unspecified atom stereocenters. The summed E-state index contributed by atoms with van der Waals surface area (Å²) < 4.78 is 23.1. The average Bonchev–Trinajstić information content (AvgIpc) is 3.08. The van der Waals surface area contributed by atoms with Crippen LogP contribution in [0, 0.1) is 0 Å². The highest BCUT2D eigenvalue weighted by molar-refractivity contribution is 7.71. The zero-order chi connectivity index (χ0) is 19.0. The smallest absolute Gasteiger partial charge is 0.144 e. The van der Waals surface area contributed by atoms with Crippen molar-refractivity contribution in [3.05, 3.63) is 65.7 Å². The zero-order valence-electron chi connectivity index (χ0n) is 14.3. The molecule has 0 saturated carbocycles. The van der Waals surface area contributed by atoms with Crippen LogP contribution in [0.25, 0.3) is 32.3 Å². The summed E-state index contributed by atoms with van der Waals surface area (Å²) in [6.45, 7) is 0. The molecule has 0 bridgehead atoms. The van der Waals surface area contributed by atoms with Crippen LogP contribution in [0.4, 0.5) is 11.5 Å². The predicted molar refractivity (Wildman–Crippen MR) is 113 cm³/mol. The minimum absolute atomic E-state index is 0.0237. The molecule has 0 aliphatic rings. The van der Waals surface area contributed by atoms with Gasteiger partial charge >= 0.3 is 0 Å². The van der Waals surface area contributed by atoms with Gasteiger partial charge in [-0.2, -0.15) is 0 Å². The first kappa shape index (κ1) is 17.5. The predicted octanol–water partition coefficient (Wildman–Crippen LogP) is 3.91. The van der Waals surface area contributed by atoms with Crippen LogP contribution in [0.1, 0.15) is 5.56 Å². The molecule has 2 heterocycles. The maximum absolute atomic E-state index is 11.1. The van der Waals surface area contributed by atoms with E-state index in [1.807, 2.05) is 48.5 Å². The number of benzene rings is 2. The topological polar surface area (TPSA) is 99.1 Å². The maximum atomic E-state index is 11.1. The van der Waals surface area contributed by atoms with E-state index >= 15 is 0 Å². The third-order valence-electron chi connectivity index (χ3n) is 4.40. The Bertz CT molecular complexity index is 1200. The molecule has 4 N–H and O–H groups in total. The van der Waals surface area contributed by atoms with Crippen molar-refractivity contribution >= 4 is 43.6 Å². The van der Waals surface area contributed by atoms with Crippen LogP contribution in [0.2, 0.25) is 0 Å². The van der Waals surface area contributed by atoms with Crippen LogP contribution in [-0.4, -0.2) is 13.4 Å². The fraction of sp³-hybridized carbons (Fsp3) is 0.0500. The number of hydrogen-bond donors (Lipinski definition) is 3. The Balaban J connectivity index is 1.89. The number of thiol groups is 1. The van der Waals surface area contributed by atoms with Crippen molar-refractivity contribution in [2.75, 3.05) is 11.5 Å². The number of rotatable bonds is 4. The molecular formula is C20H17N3O2S2. The molecule has 0 aliphatic heterocycles. The van der Waals surface area contributed by atoms with Crippen LogP contribution in [-0.2, 0) is 16.5 Å². The van der Waals surface area contributed by atoms with Crippen molar-refractivity contribution in [2.24, 2.45) is 0 Å². The lowest BCUT2D eigenvalue weighted by molar-refractivity contribution is 0.614. The molecule has 0 atom stereocenters. The van der Waals surface area contributed by atoms with Gasteiger partial charge in [-0.05, 0) is 34.2 Å². The molecule has 2 aromatic heterocycles. The van der Waals surface area contributed by atoms with Gasteiger partial charge in [0.05, 0.1) is 5.75 Å². The van der Waals surface area contributed by atoms with E-state index in [1.54, 1.807) is 17.5 Å². The fourth-order valence-electron chi connectivity index (χ4n) is 3.13. The number of hydrogen-bond acceptors (Lipinski definition) is 6. The van der Waals surface area contributed by atoms with Gasteiger partial charge in [-0.15, -0.1) is 11.3 Å². The number of aromatic nitrogens is 1. The molecule has 4 rings (SSSR count). The first-order valence-electron chi connectivity index (χ1n) is 8.25. The molecule has 0 aliphatic carbocycles. The molecule has 0 fully saturated rings.